The van der Waals surface area contributed by atoms with Crippen molar-refractivity contribution in [2.75, 3.05) is 25.2 Å². The number of rotatable bonds is 9. The van der Waals surface area contributed by atoms with Crippen molar-refractivity contribution < 1.29 is 5.11 Å². The van der Waals surface area contributed by atoms with Crippen molar-refractivity contribution in [3.63, 3.8) is 0 Å². The number of aliphatic hydroxyl groups excluding tert-OH is 1. The van der Waals surface area contributed by atoms with Gasteiger partial charge < -0.3 is 10.4 Å². The molecular formula is C11H25NOS. The van der Waals surface area contributed by atoms with Gasteiger partial charge in [0, 0.05) is 5.54 Å². The van der Waals surface area contributed by atoms with Gasteiger partial charge in [0.25, 0.3) is 0 Å². The molecule has 0 aromatic heterocycles. The zero-order valence-electron chi connectivity index (χ0n) is 9.81. The first kappa shape index (κ1) is 14.3. The Morgan fingerprint density at radius 1 is 1.36 bits per heavy atom. The Balaban J connectivity index is 3.63. The van der Waals surface area contributed by atoms with Gasteiger partial charge in [0.1, 0.15) is 0 Å². The number of aliphatic hydroxyl groups is 1. The van der Waals surface area contributed by atoms with E-state index in [0.717, 1.165) is 19.4 Å². The molecule has 0 aromatic carbocycles. The largest absolute Gasteiger partial charge is 0.394 e. The molecule has 0 amide bonds. The second-order valence-electron chi connectivity index (χ2n) is 4.10. The Kier molecular flexibility index (Phi) is 8.73. The van der Waals surface area contributed by atoms with Gasteiger partial charge in [0.2, 0.25) is 0 Å². The maximum Gasteiger partial charge on any atom is 0.0610 e. The van der Waals surface area contributed by atoms with Crippen molar-refractivity contribution in [2.45, 2.75) is 45.1 Å². The molecule has 0 bridgehead atoms. The van der Waals surface area contributed by atoms with Crippen LogP contribution in [-0.2, 0) is 0 Å². The van der Waals surface area contributed by atoms with Crippen LogP contribution in [0.25, 0.3) is 0 Å². The fourth-order valence-corrected chi connectivity index (χ4v) is 1.90. The minimum absolute atomic E-state index is 0.0611. The lowest BCUT2D eigenvalue weighted by atomic mass is 9.96. The zero-order valence-corrected chi connectivity index (χ0v) is 10.6. The van der Waals surface area contributed by atoms with Crippen LogP contribution in [0.5, 0.6) is 0 Å². The van der Waals surface area contributed by atoms with Crippen LogP contribution in [0.1, 0.15) is 39.5 Å². The second-order valence-corrected chi connectivity index (χ2v) is 5.08. The minimum Gasteiger partial charge on any atom is -0.394 e. The van der Waals surface area contributed by atoms with Crippen LogP contribution in [0.2, 0.25) is 0 Å². The van der Waals surface area contributed by atoms with Gasteiger partial charge >= 0.3 is 0 Å². The molecule has 0 aromatic rings. The van der Waals surface area contributed by atoms with E-state index in [1.54, 1.807) is 0 Å². The first-order valence-electron chi connectivity index (χ1n) is 5.53. The first-order chi connectivity index (χ1) is 6.68. The molecule has 86 valence electrons. The monoisotopic (exact) mass is 219 g/mol. The fraction of sp³-hybridized carbons (Fsp3) is 1.00. The summed E-state index contributed by atoms with van der Waals surface area (Å²) in [6.07, 6.45) is 6.80. The third kappa shape index (κ3) is 6.68. The molecule has 2 nitrogen and oxygen atoms in total. The van der Waals surface area contributed by atoms with E-state index >= 15 is 0 Å². The molecule has 0 heterocycles. The van der Waals surface area contributed by atoms with Crippen molar-refractivity contribution in [1.82, 2.24) is 5.32 Å². The van der Waals surface area contributed by atoms with E-state index in [-0.39, 0.29) is 12.1 Å². The molecule has 0 aliphatic heterocycles. The van der Waals surface area contributed by atoms with Crippen LogP contribution in [0.3, 0.4) is 0 Å². The number of unbranched alkanes of at least 4 members (excludes halogenated alkanes) is 1. The van der Waals surface area contributed by atoms with E-state index in [2.05, 4.69) is 25.4 Å². The highest BCUT2D eigenvalue weighted by Gasteiger charge is 2.20. The highest BCUT2D eigenvalue weighted by molar-refractivity contribution is 7.98. The molecule has 0 aliphatic rings. The van der Waals surface area contributed by atoms with Gasteiger partial charge in [-0.3, -0.25) is 0 Å². The number of hydrogen-bond donors (Lipinski definition) is 2. The zero-order chi connectivity index (χ0) is 10.9. The molecule has 3 heteroatoms. The van der Waals surface area contributed by atoms with Gasteiger partial charge in [-0.1, -0.05) is 13.3 Å². The Hall–Kier alpha value is 0.270. The van der Waals surface area contributed by atoms with Gasteiger partial charge in [-0.05, 0) is 44.7 Å². The molecular weight excluding hydrogens is 194 g/mol. The molecule has 0 saturated heterocycles. The molecule has 1 unspecified atom stereocenters. The summed E-state index contributed by atoms with van der Waals surface area (Å²) in [4.78, 5) is 0. The Bertz CT molecular complexity index is 132. The standard InChI is InChI=1S/C11H25NOS/c1-4-8-12-11(2,10-13)7-5-6-9-14-3/h12-13H,4-10H2,1-3H3. The molecule has 0 fully saturated rings. The normalized spacial score (nSPS) is 15.4. The average molecular weight is 219 g/mol. The van der Waals surface area contributed by atoms with Crippen LogP contribution < -0.4 is 5.32 Å². The van der Waals surface area contributed by atoms with Gasteiger partial charge in [-0.25, -0.2) is 0 Å². The molecule has 2 N–H and O–H groups in total. The lowest BCUT2D eigenvalue weighted by molar-refractivity contribution is 0.163. The van der Waals surface area contributed by atoms with E-state index in [1.165, 1.54) is 18.6 Å². The number of thioether (sulfide) groups is 1. The Labute approximate surface area is 92.9 Å². The third-order valence-electron chi connectivity index (χ3n) is 2.48. The summed E-state index contributed by atoms with van der Waals surface area (Å²) in [5.41, 5.74) is -0.0611. The third-order valence-corrected chi connectivity index (χ3v) is 3.17. The molecule has 1 atom stereocenters. The fourth-order valence-electron chi connectivity index (χ4n) is 1.41. The Morgan fingerprint density at radius 3 is 2.57 bits per heavy atom. The number of nitrogens with one attached hydrogen (secondary N) is 1. The summed E-state index contributed by atoms with van der Waals surface area (Å²) in [5, 5.41) is 12.7. The highest BCUT2D eigenvalue weighted by Crippen LogP contribution is 2.14. The molecule has 0 spiro atoms. The van der Waals surface area contributed by atoms with Gasteiger partial charge in [0.05, 0.1) is 6.61 Å². The molecule has 0 rings (SSSR count). The molecule has 0 saturated carbocycles. The summed E-state index contributed by atoms with van der Waals surface area (Å²) < 4.78 is 0. The molecule has 0 radical (unpaired) electrons. The molecule has 14 heavy (non-hydrogen) atoms. The SMILES string of the molecule is CCCNC(C)(CO)CCCCSC. The lowest BCUT2D eigenvalue weighted by Gasteiger charge is -2.28. The van der Waals surface area contributed by atoms with Gasteiger partial charge in [0.15, 0.2) is 0 Å². The van der Waals surface area contributed by atoms with Crippen molar-refractivity contribution in [1.29, 1.82) is 0 Å². The second kappa shape index (κ2) is 8.57. The van der Waals surface area contributed by atoms with Gasteiger partial charge in [-0.2, -0.15) is 11.8 Å². The summed E-state index contributed by atoms with van der Waals surface area (Å²) in [7, 11) is 0. The van der Waals surface area contributed by atoms with E-state index < -0.39 is 0 Å². The lowest BCUT2D eigenvalue weighted by Crippen LogP contribution is -2.46. The quantitative estimate of drug-likeness (QED) is 0.584. The van der Waals surface area contributed by atoms with Crippen LogP contribution in [0.4, 0.5) is 0 Å². The van der Waals surface area contributed by atoms with Crippen molar-refractivity contribution >= 4 is 11.8 Å². The minimum atomic E-state index is -0.0611. The average Bonchev–Trinajstić information content (AvgIpc) is 2.22. The summed E-state index contributed by atoms with van der Waals surface area (Å²) in [6.45, 7) is 5.51. The van der Waals surface area contributed by atoms with Crippen LogP contribution in [0.15, 0.2) is 0 Å². The van der Waals surface area contributed by atoms with Crippen molar-refractivity contribution in [3.05, 3.63) is 0 Å². The van der Waals surface area contributed by atoms with Crippen LogP contribution in [-0.4, -0.2) is 35.8 Å². The predicted molar refractivity (Wildman–Crippen MR) is 66.0 cm³/mol. The summed E-state index contributed by atoms with van der Waals surface area (Å²) in [5.74, 6) is 1.23. The van der Waals surface area contributed by atoms with E-state index in [4.69, 9.17) is 0 Å². The maximum atomic E-state index is 9.30. The Morgan fingerprint density at radius 2 is 2.07 bits per heavy atom. The molecule has 0 aliphatic carbocycles. The van der Waals surface area contributed by atoms with E-state index in [0.29, 0.717) is 0 Å². The summed E-state index contributed by atoms with van der Waals surface area (Å²) >= 11 is 1.89. The van der Waals surface area contributed by atoms with Crippen LogP contribution >= 0.6 is 11.8 Å². The van der Waals surface area contributed by atoms with Crippen LogP contribution in [0, 0.1) is 0 Å². The van der Waals surface area contributed by atoms with Gasteiger partial charge in [-0.15, -0.1) is 0 Å². The van der Waals surface area contributed by atoms with Crippen molar-refractivity contribution in [2.24, 2.45) is 0 Å². The summed E-state index contributed by atoms with van der Waals surface area (Å²) in [6, 6.07) is 0. The smallest absolute Gasteiger partial charge is 0.0610 e. The topological polar surface area (TPSA) is 32.3 Å². The predicted octanol–water partition coefficient (Wildman–Crippen LogP) is 2.27. The maximum absolute atomic E-state index is 9.30. The number of hydrogen-bond acceptors (Lipinski definition) is 3. The van der Waals surface area contributed by atoms with Crippen molar-refractivity contribution in [3.8, 4) is 0 Å². The first-order valence-corrected chi connectivity index (χ1v) is 6.92. The van der Waals surface area contributed by atoms with E-state index in [9.17, 15) is 5.11 Å². The van der Waals surface area contributed by atoms with E-state index in [1.807, 2.05) is 11.8 Å². The highest BCUT2D eigenvalue weighted by atomic mass is 32.2.